The highest BCUT2D eigenvalue weighted by molar-refractivity contribution is 7.97. The van der Waals surface area contributed by atoms with Crippen LogP contribution in [0.5, 0.6) is 0 Å². The number of benzene rings is 1. The molecule has 2 aliphatic heterocycles. The number of carbonyl (C=O) groups excluding carboxylic acids is 1. The Bertz CT molecular complexity index is 796. The van der Waals surface area contributed by atoms with E-state index < -0.39 is 12.6 Å². The number of alkyl halides is 1. The van der Waals surface area contributed by atoms with E-state index in [1.54, 1.807) is 23.0 Å². The average Bonchev–Trinajstić information content (AvgIpc) is 2.60. The van der Waals surface area contributed by atoms with Gasteiger partial charge in [0.15, 0.2) is 0 Å². The van der Waals surface area contributed by atoms with Crippen molar-refractivity contribution in [3.8, 4) is 0 Å². The van der Waals surface area contributed by atoms with Gasteiger partial charge in [-0.1, -0.05) is 36.4 Å². The van der Waals surface area contributed by atoms with E-state index in [2.05, 4.69) is 9.29 Å². The summed E-state index contributed by atoms with van der Waals surface area (Å²) in [7, 11) is 0. The molecule has 2 aromatic rings. The van der Waals surface area contributed by atoms with Crippen LogP contribution in [0, 0.1) is 0 Å². The Hall–Kier alpha value is -2.18. The van der Waals surface area contributed by atoms with Gasteiger partial charge in [0.1, 0.15) is 11.7 Å². The molecule has 0 spiro atoms. The van der Waals surface area contributed by atoms with Crippen LogP contribution in [-0.2, 0) is 4.79 Å². The summed E-state index contributed by atoms with van der Waals surface area (Å²) in [5.41, 5.74) is 3.47. The lowest BCUT2D eigenvalue weighted by Gasteiger charge is -2.42. The first-order chi connectivity index (χ1) is 12.7. The fourth-order valence-electron chi connectivity index (χ4n) is 3.20. The van der Waals surface area contributed by atoms with Crippen LogP contribution in [-0.4, -0.2) is 52.9 Å². The van der Waals surface area contributed by atoms with E-state index in [4.69, 9.17) is 0 Å². The van der Waals surface area contributed by atoms with E-state index in [9.17, 15) is 9.18 Å². The second-order valence-corrected chi connectivity index (χ2v) is 7.69. The van der Waals surface area contributed by atoms with Gasteiger partial charge in [-0.3, -0.25) is 4.79 Å². The molecule has 2 fully saturated rings. The maximum Gasteiger partial charge on any atom is 0.233 e. The molecule has 2 aliphatic rings. The van der Waals surface area contributed by atoms with Gasteiger partial charge in [-0.15, -0.1) is 0 Å². The van der Waals surface area contributed by atoms with E-state index >= 15 is 0 Å². The number of rotatable bonds is 5. The summed E-state index contributed by atoms with van der Waals surface area (Å²) in [6, 6.07) is 15.1. The maximum atomic E-state index is 13.4. The molecule has 1 aromatic heterocycles. The van der Waals surface area contributed by atoms with Gasteiger partial charge in [0.05, 0.1) is 5.92 Å². The Labute approximate surface area is 156 Å². The lowest BCUT2D eigenvalue weighted by molar-refractivity contribution is -0.134. The van der Waals surface area contributed by atoms with Gasteiger partial charge in [-0.2, -0.15) is 0 Å². The number of halogens is 1. The number of hydrogen-bond acceptors (Lipinski definition) is 4. The second-order valence-electron chi connectivity index (χ2n) is 6.58. The van der Waals surface area contributed by atoms with Crippen LogP contribution in [0.4, 0.5) is 4.39 Å². The molecule has 1 atom stereocenters. The fourth-order valence-corrected chi connectivity index (χ4v) is 4.15. The first-order valence-corrected chi connectivity index (χ1v) is 9.45. The maximum absolute atomic E-state index is 13.4. The van der Waals surface area contributed by atoms with Crippen LogP contribution in [0.15, 0.2) is 70.9 Å². The number of hydrogen-bond donors (Lipinski definition) is 0. The number of nitrogens with zero attached hydrogens (tertiary/aromatic N) is 3. The average molecular weight is 369 g/mol. The van der Waals surface area contributed by atoms with Crippen LogP contribution in [0.1, 0.15) is 11.5 Å². The van der Waals surface area contributed by atoms with Crippen molar-refractivity contribution < 1.29 is 9.18 Å². The highest BCUT2D eigenvalue weighted by Crippen LogP contribution is 2.33. The van der Waals surface area contributed by atoms with Crippen molar-refractivity contribution in [2.45, 2.75) is 10.9 Å². The summed E-state index contributed by atoms with van der Waals surface area (Å²) in [6.45, 7) is 2.44. The van der Waals surface area contributed by atoms with Gasteiger partial charge in [0.2, 0.25) is 5.91 Å². The molecule has 0 saturated carbocycles. The lowest BCUT2D eigenvalue weighted by atomic mass is 9.93. The van der Waals surface area contributed by atoms with Crippen molar-refractivity contribution in [3.63, 3.8) is 0 Å². The minimum Gasteiger partial charge on any atom is -0.334 e. The molecule has 3 heterocycles. The third-order valence-electron chi connectivity index (χ3n) is 4.82. The van der Waals surface area contributed by atoms with Crippen molar-refractivity contribution in [1.29, 1.82) is 0 Å². The second kappa shape index (κ2) is 7.60. The smallest absolute Gasteiger partial charge is 0.233 e. The molecule has 1 aromatic carbocycles. The van der Waals surface area contributed by atoms with Gasteiger partial charge in [-0.05, 0) is 40.8 Å². The minimum atomic E-state index is -0.680. The molecule has 0 radical (unpaired) electrons. The predicted molar refractivity (Wildman–Crippen MR) is 100 cm³/mol. The molecule has 4 nitrogen and oxygen atoms in total. The van der Waals surface area contributed by atoms with Crippen molar-refractivity contribution in [2.75, 3.05) is 32.9 Å². The summed E-state index contributed by atoms with van der Waals surface area (Å²) in [4.78, 5) is 18.6. The Morgan fingerprint density at radius 3 is 2.38 bits per heavy atom. The van der Waals surface area contributed by atoms with Crippen LogP contribution < -0.4 is 0 Å². The molecular weight excluding hydrogens is 349 g/mol. The highest BCUT2D eigenvalue weighted by atomic mass is 32.2. The molecule has 0 bridgehead atoms. The Balaban J connectivity index is 1.30. The molecule has 2 saturated heterocycles. The van der Waals surface area contributed by atoms with Gasteiger partial charge in [0, 0.05) is 32.4 Å². The number of likely N-dealkylation sites (tertiary alicyclic amines) is 1. The van der Waals surface area contributed by atoms with Crippen molar-refractivity contribution in [3.05, 3.63) is 71.4 Å². The third-order valence-corrected chi connectivity index (χ3v) is 5.77. The van der Waals surface area contributed by atoms with Crippen molar-refractivity contribution in [2.24, 2.45) is 0 Å². The van der Waals surface area contributed by atoms with E-state index in [0.29, 0.717) is 13.1 Å². The van der Waals surface area contributed by atoms with E-state index in [1.165, 1.54) is 11.1 Å². The van der Waals surface area contributed by atoms with Crippen LogP contribution in [0.2, 0.25) is 0 Å². The Kier molecular flexibility index (Phi) is 5.04. The van der Waals surface area contributed by atoms with Crippen LogP contribution >= 0.6 is 11.9 Å². The summed E-state index contributed by atoms with van der Waals surface area (Å²) >= 11 is 1.66. The summed E-state index contributed by atoms with van der Waals surface area (Å²) in [5.74, 6) is -0.789. The molecule has 1 amide bonds. The molecular formula is C20H20FN3OS. The molecule has 4 rings (SSSR count). The quantitative estimate of drug-likeness (QED) is 0.599. The largest absolute Gasteiger partial charge is 0.334 e. The molecule has 26 heavy (non-hydrogen) atoms. The fraction of sp³-hybridized carbons (Fsp3) is 0.300. The third kappa shape index (κ3) is 3.52. The molecule has 6 heteroatoms. The Morgan fingerprint density at radius 1 is 1.04 bits per heavy atom. The van der Waals surface area contributed by atoms with Crippen molar-refractivity contribution >= 4 is 17.9 Å². The van der Waals surface area contributed by atoms with Gasteiger partial charge < -0.3 is 4.90 Å². The van der Waals surface area contributed by atoms with E-state index in [1.807, 2.05) is 48.5 Å². The first-order valence-electron chi connectivity index (χ1n) is 8.68. The Morgan fingerprint density at radius 2 is 1.73 bits per heavy atom. The highest BCUT2D eigenvalue weighted by Gasteiger charge is 2.35. The summed E-state index contributed by atoms with van der Waals surface area (Å²) in [6.07, 6.45) is 1.80. The molecule has 0 N–H and O–H groups in total. The van der Waals surface area contributed by atoms with Gasteiger partial charge >= 0.3 is 0 Å². The standard InChI is InChI=1S/C20H20FN3OS/c21-10-18(15-6-2-1-3-7-15)20(25)23-11-16(12-23)17-13-24(14-17)26-19-8-4-5-9-22-19/h1-9,18H,10-14H2. The minimum absolute atomic E-state index is 0.109. The monoisotopic (exact) mass is 369 g/mol. The molecule has 0 aliphatic carbocycles. The van der Waals surface area contributed by atoms with Crippen LogP contribution in [0.3, 0.4) is 0 Å². The number of pyridine rings is 1. The predicted octanol–water partition coefficient (Wildman–Crippen LogP) is 3.30. The lowest BCUT2D eigenvalue weighted by Crippen LogP contribution is -2.50. The van der Waals surface area contributed by atoms with E-state index in [-0.39, 0.29) is 5.91 Å². The summed E-state index contributed by atoms with van der Waals surface area (Å²) in [5, 5.41) is 0.996. The van der Waals surface area contributed by atoms with Gasteiger partial charge in [-0.25, -0.2) is 13.7 Å². The topological polar surface area (TPSA) is 36.4 Å². The zero-order valence-electron chi connectivity index (χ0n) is 14.3. The summed E-state index contributed by atoms with van der Waals surface area (Å²) < 4.78 is 15.7. The van der Waals surface area contributed by atoms with Gasteiger partial charge in [0.25, 0.3) is 0 Å². The zero-order valence-corrected chi connectivity index (χ0v) is 15.2. The van der Waals surface area contributed by atoms with E-state index in [0.717, 1.165) is 23.7 Å². The number of amides is 1. The molecule has 1 unspecified atom stereocenters. The molecule has 134 valence electrons. The number of aromatic nitrogens is 1. The zero-order chi connectivity index (χ0) is 17.9. The first kappa shape index (κ1) is 17.2. The number of carbonyl (C=O) groups is 1. The van der Waals surface area contributed by atoms with Crippen LogP contribution in [0.25, 0.3) is 0 Å². The van der Waals surface area contributed by atoms with Crippen molar-refractivity contribution in [1.82, 2.24) is 14.2 Å². The SMILES string of the molecule is O=C(C(CF)c1ccccc1)N1CC(=C2CN(Sc3ccccn3)C2)C1. The normalized spacial score (nSPS) is 18.3.